The fourth-order valence-corrected chi connectivity index (χ4v) is 3.12. The lowest BCUT2D eigenvalue weighted by Gasteiger charge is -2.27. The van der Waals surface area contributed by atoms with Crippen LogP contribution in [0.4, 0.5) is 0 Å². The molecular formula is C21H30N2O2. The van der Waals surface area contributed by atoms with E-state index in [1.54, 1.807) is 6.20 Å². The van der Waals surface area contributed by atoms with Crippen molar-refractivity contribution in [1.82, 2.24) is 4.90 Å². The second kappa shape index (κ2) is 6.40. The van der Waals surface area contributed by atoms with Gasteiger partial charge in [0.25, 0.3) is 6.02 Å². The lowest BCUT2D eigenvalue weighted by Crippen LogP contribution is -2.29. The highest BCUT2D eigenvalue weighted by atomic mass is 16.6. The molecule has 0 saturated carbocycles. The summed E-state index contributed by atoms with van der Waals surface area (Å²) in [5.41, 5.74) is 2.73. The Labute approximate surface area is 151 Å². The largest absolute Gasteiger partial charge is 0.489 e. The fraction of sp³-hybridized carbons (Fsp3) is 0.571. The van der Waals surface area contributed by atoms with E-state index < -0.39 is 0 Å². The monoisotopic (exact) mass is 342 g/mol. The summed E-state index contributed by atoms with van der Waals surface area (Å²) in [7, 11) is 0. The number of hydrogen-bond acceptors (Lipinski definition) is 4. The number of rotatable bonds is 3. The first-order valence-corrected chi connectivity index (χ1v) is 9.07. The Morgan fingerprint density at radius 3 is 2.56 bits per heavy atom. The minimum absolute atomic E-state index is 0.0220. The molecule has 4 heteroatoms. The smallest absolute Gasteiger partial charge is 0.292 e. The number of benzene rings is 1. The van der Waals surface area contributed by atoms with Crippen LogP contribution in [0.1, 0.15) is 52.7 Å². The lowest BCUT2D eigenvalue weighted by molar-refractivity contribution is 0.144. The summed E-state index contributed by atoms with van der Waals surface area (Å²) in [5, 5.41) is 0. The zero-order valence-electron chi connectivity index (χ0n) is 16.3. The van der Waals surface area contributed by atoms with E-state index in [-0.39, 0.29) is 16.9 Å². The summed E-state index contributed by atoms with van der Waals surface area (Å²) in [6.45, 7) is 15.6. The maximum Gasteiger partial charge on any atom is 0.292 e. The van der Waals surface area contributed by atoms with Gasteiger partial charge < -0.3 is 14.4 Å². The Morgan fingerprint density at radius 1 is 1.16 bits per heavy atom. The Morgan fingerprint density at radius 2 is 1.92 bits per heavy atom. The van der Waals surface area contributed by atoms with E-state index in [1.165, 1.54) is 11.1 Å². The number of fused-ring (bicyclic) bond motifs is 1. The third-order valence-corrected chi connectivity index (χ3v) is 4.66. The van der Waals surface area contributed by atoms with Gasteiger partial charge in [0.05, 0.1) is 6.54 Å². The Bertz CT molecular complexity index is 693. The van der Waals surface area contributed by atoms with Gasteiger partial charge in [-0.25, -0.2) is 4.99 Å². The quantitative estimate of drug-likeness (QED) is 0.824. The van der Waals surface area contributed by atoms with Crippen LogP contribution in [0.5, 0.6) is 5.75 Å². The molecule has 1 atom stereocenters. The van der Waals surface area contributed by atoms with Gasteiger partial charge in [-0.3, -0.25) is 0 Å². The van der Waals surface area contributed by atoms with Gasteiger partial charge in [0.2, 0.25) is 0 Å². The molecule has 1 unspecified atom stereocenters. The molecule has 1 aromatic rings. The van der Waals surface area contributed by atoms with Gasteiger partial charge in [-0.05, 0) is 34.1 Å². The molecule has 0 bridgehead atoms. The Hall–Kier alpha value is -1.97. The molecule has 0 aromatic heterocycles. The summed E-state index contributed by atoms with van der Waals surface area (Å²) in [5.74, 6) is 0.953. The van der Waals surface area contributed by atoms with Crippen LogP contribution in [-0.4, -0.2) is 36.7 Å². The van der Waals surface area contributed by atoms with Gasteiger partial charge in [0.1, 0.15) is 12.4 Å². The first kappa shape index (κ1) is 17.8. The predicted octanol–water partition coefficient (Wildman–Crippen LogP) is 4.24. The van der Waals surface area contributed by atoms with E-state index in [0.29, 0.717) is 6.61 Å². The molecule has 2 aliphatic rings. The third kappa shape index (κ3) is 4.00. The molecule has 3 rings (SSSR count). The van der Waals surface area contributed by atoms with Crippen LogP contribution < -0.4 is 4.74 Å². The van der Waals surface area contributed by atoms with Crippen LogP contribution >= 0.6 is 0 Å². The van der Waals surface area contributed by atoms with E-state index in [0.717, 1.165) is 24.9 Å². The summed E-state index contributed by atoms with van der Waals surface area (Å²) >= 11 is 0. The van der Waals surface area contributed by atoms with Crippen molar-refractivity contribution in [3.05, 3.63) is 41.6 Å². The number of nitrogens with zero attached hydrogens (tertiary/aromatic N) is 2. The molecule has 0 radical (unpaired) electrons. The van der Waals surface area contributed by atoms with Gasteiger partial charge >= 0.3 is 0 Å². The first-order chi connectivity index (χ1) is 11.6. The Balaban J connectivity index is 1.74. The summed E-state index contributed by atoms with van der Waals surface area (Å²) in [4.78, 5) is 6.42. The minimum atomic E-state index is 0.0220. The van der Waals surface area contributed by atoms with E-state index in [9.17, 15) is 0 Å². The van der Waals surface area contributed by atoms with E-state index in [1.807, 2.05) is 6.08 Å². The molecular weight excluding hydrogens is 312 g/mol. The van der Waals surface area contributed by atoms with Gasteiger partial charge in [-0.2, -0.15) is 0 Å². The summed E-state index contributed by atoms with van der Waals surface area (Å²) in [6, 6.07) is 7.30. The van der Waals surface area contributed by atoms with Crippen LogP contribution in [-0.2, 0) is 15.6 Å². The highest BCUT2D eigenvalue weighted by Gasteiger charge is 2.31. The van der Waals surface area contributed by atoms with Crippen LogP contribution in [0, 0.1) is 0 Å². The van der Waals surface area contributed by atoms with Gasteiger partial charge in [0, 0.05) is 12.7 Å². The van der Waals surface area contributed by atoms with Gasteiger partial charge in [0.15, 0.2) is 6.10 Å². The number of hydrogen-bond donors (Lipinski definition) is 0. The number of aliphatic imine (C=N–C) groups is 1. The second-order valence-electron chi connectivity index (χ2n) is 8.96. The molecule has 0 amide bonds. The molecule has 0 spiro atoms. The molecule has 2 aliphatic heterocycles. The van der Waals surface area contributed by atoms with E-state index >= 15 is 0 Å². The molecule has 0 N–H and O–H groups in total. The zero-order chi connectivity index (χ0) is 18.2. The van der Waals surface area contributed by atoms with Crippen LogP contribution in [0.2, 0.25) is 0 Å². The van der Waals surface area contributed by atoms with Crippen LogP contribution in [0.25, 0.3) is 0 Å². The highest BCUT2D eigenvalue weighted by Crippen LogP contribution is 2.35. The maximum absolute atomic E-state index is 6.19. The number of ether oxygens (including phenoxy) is 2. The van der Waals surface area contributed by atoms with Gasteiger partial charge in [-0.1, -0.05) is 53.7 Å². The topological polar surface area (TPSA) is 34.1 Å². The van der Waals surface area contributed by atoms with Crippen molar-refractivity contribution in [2.45, 2.75) is 58.5 Å². The van der Waals surface area contributed by atoms with E-state index in [4.69, 9.17) is 9.47 Å². The third-order valence-electron chi connectivity index (χ3n) is 4.66. The molecule has 1 saturated heterocycles. The molecule has 1 aromatic carbocycles. The van der Waals surface area contributed by atoms with Crippen LogP contribution in [0.15, 0.2) is 35.5 Å². The first-order valence-electron chi connectivity index (χ1n) is 9.07. The van der Waals surface area contributed by atoms with Crippen molar-refractivity contribution in [3.8, 4) is 5.75 Å². The second-order valence-corrected chi connectivity index (χ2v) is 8.96. The predicted molar refractivity (Wildman–Crippen MR) is 102 cm³/mol. The van der Waals surface area contributed by atoms with Crippen molar-refractivity contribution >= 4 is 6.02 Å². The van der Waals surface area contributed by atoms with Crippen molar-refractivity contribution in [1.29, 1.82) is 0 Å². The highest BCUT2D eigenvalue weighted by molar-refractivity contribution is 5.77. The normalized spacial score (nSPS) is 20.2. The number of amidine groups is 1. The molecule has 2 heterocycles. The standard InChI is InChI=1S/C21H30N2O2/c1-20(2,3)15-8-9-18(17(12-15)21(4,5)6)24-14-16-13-23-11-7-10-22-19(23)25-16/h7-10,12,16H,11,13-14H2,1-6H3. The molecule has 25 heavy (non-hydrogen) atoms. The molecule has 1 fully saturated rings. The SMILES string of the molecule is CC(C)(C)c1ccc(OCC2CN3CC=CN=C3O2)c(C(C)(C)C)c1. The average molecular weight is 342 g/mol. The van der Waals surface area contributed by atoms with E-state index in [2.05, 4.69) is 69.6 Å². The molecule has 136 valence electrons. The van der Waals surface area contributed by atoms with Gasteiger partial charge in [-0.15, -0.1) is 0 Å². The molecule has 4 nitrogen and oxygen atoms in total. The summed E-state index contributed by atoms with van der Waals surface area (Å²) in [6.07, 6.45) is 3.87. The zero-order valence-corrected chi connectivity index (χ0v) is 16.3. The van der Waals surface area contributed by atoms with Crippen LogP contribution in [0.3, 0.4) is 0 Å². The summed E-state index contributed by atoms with van der Waals surface area (Å²) < 4.78 is 12.1. The van der Waals surface area contributed by atoms with Crippen molar-refractivity contribution in [2.24, 2.45) is 4.99 Å². The Kier molecular flexibility index (Phi) is 4.56. The maximum atomic E-state index is 6.19. The van der Waals surface area contributed by atoms with Crippen molar-refractivity contribution < 1.29 is 9.47 Å². The minimum Gasteiger partial charge on any atom is -0.489 e. The lowest BCUT2D eigenvalue weighted by atomic mass is 9.80. The fourth-order valence-electron chi connectivity index (χ4n) is 3.12. The van der Waals surface area contributed by atoms with Crippen molar-refractivity contribution in [3.63, 3.8) is 0 Å². The molecule has 0 aliphatic carbocycles. The average Bonchev–Trinajstić information content (AvgIpc) is 2.93. The van der Waals surface area contributed by atoms with Crippen molar-refractivity contribution in [2.75, 3.05) is 19.7 Å².